The van der Waals surface area contributed by atoms with Crippen LogP contribution < -0.4 is 10.4 Å². The predicted octanol–water partition coefficient (Wildman–Crippen LogP) is 3.40. The van der Waals surface area contributed by atoms with Gasteiger partial charge in [0, 0.05) is 0 Å². The van der Waals surface area contributed by atoms with Gasteiger partial charge in [0.2, 0.25) is 0 Å². The third-order valence-electron chi connectivity index (χ3n) is 4.43. The minimum Gasteiger partial charge on any atom is -0.545 e. The Hall–Kier alpha value is -3.38. The first-order valence-electron chi connectivity index (χ1n) is 8.60. The second kappa shape index (κ2) is 7.32. The van der Waals surface area contributed by atoms with Crippen molar-refractivity contribution in [2.45, 2.75) is 6.92 Å². The van der Waals surface area contributed by atoms with Gasteiger partial charge in [-0.1, -0.05) is 54.6 Å². The molecule has 0 bridgehead atoms. The highest BCUT2D eigenvalue weighted by Crippen LogP contribution is 2.31. The fourth-order valence-corrected chi connectivity index (χ4v) is 3.79. The molecule has 5 nitrogen and oxygen atoms in total. The quantitative estimate of drug-likeness (QED) is 0.699. The number of hydrogen-bond acceptors (Lipinski definition) is 5. The topological polar surface area (TPSA) is 81.6 Å². The maximum atomic E-state index is 12.4. The van der Waals surface area contributed by atoms with E-state index in [1.165, 1.54) is 23.9 Å². The highest BCUT2D eigenvalue weighted by atomic mass is 32.2. The maximum absolute atomic E-state index is 12.4. The summed E-state index contributed by atoms with van der Waals surface area (Å²) in [5, 5.41) is 16.4. The van der Waals surface area contributed by atoms with Gasteiger partial charge in [-0.05, 0) is 58.3 Å². The summed E-state index contributed by atoms with van der Waals surface area (Å²) >= 11 is 1.23. The van der Waals surface area contributed by atoms with Gasteiger partial charge in [0.05, 0.1) is 16.6 Å². The maximum Gasteiger partial charge on any atom is 0.264 e. The molecule has 28 heavy (non-hydrogen) atoms. The molecule has 1 N–H and O–H groups in total. The molecule has 1 fully saturated rings. The molecule has 138 valence electrons. The van der Waals surface area contributed by atoms with Gasteiger partial charge in [-0.15, -0.1) is 0 Å². The highest BCUT2D eigenvalue weighted by molar-refractivity contribution is 8.18. The molecule has 3 aromatic carbocycles. The zero-order valence-corrected chi connectivity index (χ0v) is 15.7. The van der Waals surface area contributed by atoms with Gasteiger partial charge in [-0.2, -0.15) is 0 Å². The number of carbonyl (C=O) groups is 2. The molecule has 0 aromatic heterocycles. The molecule has 6 heteroatoms. The molecular weight excluding hydrogens is 372 g/mol. The minimum absolute atomic E-state index is 0.0470. The van der Waals surface area contributed by atoms with Gasteiger partial charge in [0.25, 0.3) is 5.91 Å². The number of carboxylic acids is 1. The van der Waals surface area contributed by atoms with E-state index in [-0.39, 0.29) is 11.5 Å². The molecule has 1 aliphatic heterocycles. The summed E-state index contributed by atoms with van der Waals surface area (Å²) in [6.45, 7) is 1.83. The van der Waals surface area contributed by atoms with E-state index in [0.717, 1.165) is 21.9 Å². The van der Waals surface area contributed by atoms with Crippen molar-refractivity contribution in [2.24, 2.45) is 4.99 Å². The number of aromatic carboxylic acids is 1. The predicted molar refractivity (Wildman–Crippen MR) is 110 cm³/mol. The van der Waals surface area contributed by atoms with Crippen molar-refractivity contribution >= 4 is 51.3 Å². The van der Waals surface area contributed by atoms with Crippen molar-refractivity contribution in [3.8, 4) is 0 Å². The van der Waals surface area contributed by atoms with E-state index in [2.05, 4.69) is 10.3 Å². The normalized spacial score (nSPS) is 16.7. The summed E-state index contributed by atoms with van der Waals surface area (Å²) in [6, 6.07) is 18.5. The Morgan fingerprint density at radius 1 is 1.11 bits per heavy atom. The molecule has 0 unspecified atom stereocenters. The average Bonchev–Trinajstić information content (AvgIpc) is 3.02. The van der Waals surface area contributed by atoms with Crippen molar-refractivity contribution in [1.29, 1.82) is 0 Å². The standard InChI is InChI=1S/C22H16N2O3S/c1-13-9-10-16(21(26)27)11-18(13)23-22-24-20(25)19(28-22)12-15-7-4-6-14-5-2-3-8-17(14)15/h2-12H,1H3,(H,26,27)(H,23,24,25)/p-1/b19-12-. The summed E-state index contributed by atoms with van der Waals surface area (Å²) < 4.78 is 0. The van der Waals surface area contributed by atoms with Crippen LogP contribution in [0.15, 0.2) is 70.6 Å². The summed E-state index contributed by atoms with van der Waals surface area (Å²) in [5.41, 5.74) is 2.28. The van der Waals surface area contributed by atoms with Crippen LogP contribution in [0.25, 0.3) is 16.8 Å². The van der Waals surface area contributed by atoms with Gasteiger partial charge in [0.1, 0.15) is 0 Å². The van der Waals surface area contributed by atoms with Crippen LogP contribution in [0.1, 0.15) is 21.5 Å². The Morgan fingerprint density at radius 3 is 2.71 bits per heavy atom. The van der Waals surface area contributed by atoms with Crippen LogP contribution in [0.3, 0.4) is 0 Å². The smallest absolute Gasteiger partial charge is 0.264 e. The summed E-state index contributed by atoms with van der Waals surface area (Å²) in [4.78, 5) is 28.4. The number of nitrogens with one attached hydrogen (secondary N) is 1. The fourth-order valence-electron chi connectivity index (χ4n) is 2.96. The molecule has 1 heterocycles. The lowest BCUT2D eigenvalue weighted by molar-refractivity contribution is -0.255. The number of benzene rings is 3. The van der Waals surface area contributed by atoms with Crippen molar-refractivity contribution in [3.63, 3.8) is 0 Å². The first-order valence-corrected chi connectivity index (χ1v) is 9.42. The summed E-state index contributed by atoms with van der Waals surface area (Å²) in [5.74, 6) is -1.49. The van der Waals surface area contributed by atoms with Gasteiger partial charge >= 0.3 is 0 Å². The van der Waals surface area contributed by atoms with E-state index in [9.17, 15) is 14.7 Å². The Bertz CT molecular complexity index is 1180. The van der Waals surface area contributed by atoms with Crippen LogP contribution in [0.2, 0.25) is 0 Å². The SMILES string of the molecule is Cc1ccc(C(=O)[O-])cc1N=C1NC(=O)/C(=C/c2cccc3ccccc23)S1. The summed E-state index contributed by atoms with van der Waals surface area (Å²) in [7, 11) is 0. The van der Waals surface area contributed by atoms with E-state index in [0.29, 0.717) is 15.8 Å². The Kier molecular flexibility index (Phi) is 4.71. The van der Waals surface area contributed by atoms with Crippen LogP contribution in [0.4, 0.5) is 5.69 Å². The van der Waals surface area contributed by atoms with Crippen LogP contribution in [-0.2, 0) is 4.79 Å². The molecule has 0 radical (unpaired) electrons. The molecule has 0 aliphatic carbocycles. The third-order valence-corrected chi connectivity index (χ3v) is 5.34. The molecule has 4 rings (SSSR count). The third kappa shape index (κ3) is 3.54. The Balaban J connectivity index is 1.68. The number of thioether (sulfide) groups is 1. The average molecular weight is 387 g/mol. The van der Waals surface area contributed by atoms with E-state index in [1.54, 1.807) is 6.07 Å². The van der Waals surface area contributed by atoms with E-state index >= 15 is 0 Å². The fraction of sp³-hybridized carbons (Fsp3) is 0.0455. The lowest BCUT2D eigenvalue weighted by atomic mass is 10.0. The molecule has 1 saturated heterocycles. The van der Waals surface area contributed by atoms with Gasteiger partial charge in [0.15, 0.2) is 5.17 Å². The molecule has 0 atom stereocenters. The number of aryl methyl sites for hydroxylation is 1. The van der Waals surface area contributed by atoms with Crippen LogP contribution >= 0.6 is 11.8 Å². The number of nitrogens with zero attached hydrogens (tertiary/aromatic N) is 1. The molecule has 3 aromatic rings. The highest BCUT2D eigenvalue weighted by Gasteiger charge is 2.24. The zero-order valence-electron chi connectivity index (χ0n) is 14.9. The number of carbonyl (C=O) groups excluding carboxylic acids is 2. The molecular formula is C22H15N2O3S-. The lowest BCUT2D eigenvalue weighted by Crippen LogP contribution is -2.22. The van der Waals surface area contributed by atoms with Crippen molar-refractivity contribution in [2.75, 3.05) is 0 Å². The first-order chi connectivity index (χ1) is 13.5. The second-order valence-electron chi connectivity index (χ2n) is 6.34. The largest absolute Gasteiger partial charge is 0.545 e. The number of aliphatic imine (C=N–C) groups is 1. The van der Waals surface area contributed by atoms with Gasteiger partial charge < -0.3 is 15.2 Å². The number of amides is 1. The number of carboxylic acid groups (broad SMARTS) is 1. The monoisotopic (exact) mass is 387 g/mol. The van der Waals surface area contributed by atoms with Crippen LogP contribution in [0, 0.1) is 6.92 Å². The van der Waals surface area contributed by atoms with Crippen LogP contribution in [0.5, 0.6) is 0 Å². The summed E-state index contributed by atoms with van der Waals surface area (Å²) in [6.07, 6.45) is 1.84. The van der Waals surface area contributed by atoms with Gasteiger partial charge in [-0.3, -0.25) is 4.79 Å². The second-order valence-corrected chi connectivity index (χ2v) is 7.37. The lowest BCUT2D eigenvalue weighted by Gasteiger charge is -2.06. The number of hydrogen-bond donors (Lipinski definition) is 1. The van der Waals surface area contributed by atoms with E-state index in [4.69, 9.17) is 0 Å². The molecule has 0 spiro atoms. The van der Waals surface area contributed by atoms with Gasteiger partial charge in [-0.25, -0.2) is 4.99 Å². The van der Waals surface area contributed by atoms with E-state index < -0.39 is 5.97 Å². The van der Waals surface area contributed by atoms with Crippen molar-refractivity contribution < 1.29 is 14.7 Å². The molecule has 1 aliphatic rings. The molecule has 1 amide bonds. The van der Waals surface area contributed by atoms with E-state index in [1.807, 2.05) is 55.5 Å². The number of fused-ring (bicyclic) bond motifs is 1. The molecule has 0 saturated carbocycles. The minimum atomic E-state index is -1.26. The Morgan fingerprint density at radius 2 is 1.89 bits per heavy atom. The van der Waals surface area contributed by atoms with Crippen LogP contribution in [-0.4, -0.2) is 17.0 Å². The first kappa shape index (κ1) is 18.0. The number of amidine groups is 1. The Labute approximate surface area is 165 Å². The number of rotatable bonds is 3. The zero-order chi connectivity index (χ0) is 19.7. The van der Waals surface area contributed by atoms with Crippen molar-refractivity contribution in [3.05, 3.63) is 82.3 Å². The van der Waals surface area contributed by atoms with Crippen molar-refractivity contribution in [1.82, 2.24) is 5.32 Å².